The summed E-state index contributed by atoms with van der Waals surface area (Å²) in [6.45, 7) is 1.33. The van der Waals surface area contributed by atoms with Crippen molar-refractivity contribution in [3.05, 3.63) is 66.1 Å². The molecule has 2 bridgehead atoms. The first-order valence-electron chi connectivity index (χ1n) is 10.2. The maximum absolute atomic E-state index is 13.1. The number of methoxy groups -OCH3 is 1. The Morgan fingerprint density at radius 3 is 2.87 bits per heavy atom. The summed E-state index contributed by atoms with van der Waals surface area (Å²) in [6.07, 6.45) is 5.84. The predicted molar refractivity (Wildman–Crippen MR) is 108 cm³/mol. The molecular weight excluding hydrogens is 384 g/mol. The highest BCUT2D eigenvalue weighted by molar-refractivity contribution is 5.93. The number of furan rings is 1. The highest BCUT2D eigenvalue weighted by Gasteiger charge is 2.66. The van der Waals surface area contributed by atoms with Crippen LogP contribution in [0.3, 0.4) is 0 Å². The molecule has 7 nitrogen and oxygen atoms in total. The van der Waals surface area contributed by atoms with Crippen LogP contribution in [0.2, 0.25) is 0 Å². The zero-order chi connectivity index (χ0) is 20.7. The minimum atomic E-state index is -0.702. The van der Waals surface area contributed by atoms with Crippen molar-refractivity contribution in [1.29, 1.82) is 0 Å². The molecule has 3 aliphatic heterocycles. The minimum absolute atomic E-state index is 0.0476. The Labute approximate surface area is 174 Å². The molecule has 0 unspecified atom stereocenters. The monoisotopic (exact) mass is 408 g/mol. The summed E-state index contributed by atoms with van der Waals surface area (Å²) in [5.41, 5.74) is 0.407. The quantitative estimate of drug-likeness (QED) is 0.708. The molecule has 0 saturated carbocycles. The number of carbonyl (C=O) groups is 2. The number of benzene rings is 1. The van der Waals surface area contributed by atoms with Gasteiger partial charge in [0.1, 0.15) is 17.1 Å². The van der Waals surface area contributed by atoms with Gasteiger partial charge in [-0.3, -0.25) is 9.59 Å². The number of ether oxygens (including phenoxy) is 2. The Kier molecular flexibility index (Phi) is 4.62. The molecule has 2 aromatic rings. The molecule has 0 radical (unpaired) electrons. The molecule has 1 aromatic heterocycles. The van der Waals surface area contributed by atoms with Crippen molar-refractivity contribution in [2.24, 2.45) is 11.8 Å². The Morgan fingerprint density at radius 2 is 2.13 bits per heavy atom. The smallest absolute Gasteiger partial charge is 0.230 e. The van der Waals surface area contributed by atoms with E-state index in [0.29, 0.717) is 26.1 Å². The van der Waals surface area contributed by atoms with Crippen molar-refractivity contribution < 1.29 is 23.5 Å². The minimum Gasteiger partial charge on any atom is -0.497 e. The van der Waals surface area contributed by atoms with Crippen LogP contribution in [-0.4, -0.2) is 48.6 Å². The molecule has 2 fully saturated rings. The van der Waals surface area contributed by atoms with E-state index in [1.54, 1.807) is 24.3 Å². The normalized spacial score (nSPS) is 28.8. The first kappa shape index (κ1) is 18.9. The van der Waals surface area contributed by atoms with Crippen LogP contribution in [0.1, 0.15) is 11.3 Å². The lowest BCUT2D eigenvalue weighted by Crippen LogP contribution is -2.44. The van der Waals surface area contributed by atoms with Gasteiger partial charge in [-0.05, 0) is 36.2 Å². The number of hydrogen-bond acceptors (Lipinski definition) is 5. The van der Waals surface area contributed by atoms with Gasteiger partial charge in [0.2, 0.25) is 11.8 Å². The standard InChI is InChI=1S/C23H24N2O5/c1-28-16-6-4-15(5-7-16)9-11-24-21(26)19-18-8-10-23(30-18)14-25(22(27)20(19)23)13-17-3-2-12-29-17/h2-8,10,12,18-20H,9,11,13-14H2,1H3,(H,24,26)/t18-,19-,20-,23+/m1/s1. The molecule has 7 heteroatoms. The number of likely N-dealkylation sites (tertiary alicyclic amines) is 1. The van der Waals surface area contributed by atoms with E-state index in [0.717, 1.165) is 17.1 Å². The SMILES string of the molecule is COc1ccc(CCNC(=O)[C@@H]2[C@H]3C=C[C@@]4(CN(Cc5ccco5)C(=O)[C@@H]24)O3)cc1. The van der Waals surface area contributed by atoms with Crippen LogP contribution in [0.5, 0.6) is 5.75 Å². The third-order valence-electron chi connectivity index (χ3n) is 6.28. The second kappa shape index (κ2) is 7.32. The molecule has 2 amide bonds. The molecule has 156 valence electrons. The molecule has 2 saturated heterocycles. The van der Waals surface area contributed by atoms with Crippen LogP contribution in [0.4, 0.5) is 0 Å². The van der Waals surface area contributed by atoms with Gasteiger partial charge >= 0.3 is 0 Å². The van der Waals surface area contributed by atoms with Gasteiger partial charge in [-0.15, -0.1) is 0 Å². The lowest BCUT2D eigenvalue weighted by atomic mass is 9.77. The van der Waals surface area contributed by atoms with E-state index in [1.165, 1.54) is 0 Å². The van der Waals surface area contributed by atoms with E-state index >= 15 is 0 Å². The van der Waals surface area contributed by atoms with Crippen molar-refractivity contribution in [3.63, 3.8) is 0 Å². The highest BCUT2D eigenvalue weighted by Crippen LogP contribution is 2.52. The van der Waals surface area contributed by atoms with Gasteiger partial charge in [-0.2, -0.15) is 0 Å². The molecule has 30 heavy (non-hydrogen) atoms. The summed E-state index contributed by atoms with van der Waals surface area (Å²) in [4.78, 5) is 27.9. The Morgan fingerprint density at radius 1 is 1.30 bits per heavy atom. The summed E-state index contributed by atoms with van der Waals surface area (Å²) >= 11 is 0. The van der Waals surface area contributed by atoms with Gasteiger partial charge in [0.25, 0.3) is 0 Å². The zero-order valence-electron chi connectivity index (χ0n) is 16.7. The molecule has 4 heterocycles. The number of hydrogen-bond donors (Lipinski definition) is 1. The molecular formula is C23H24N2O5. The lowest BCUT2D eigenvalue weighted by Gasteiger charge is -2.23. The lowest BCUT2D eigenvalue weighted by molar-refractivity contribution is -0.138. The molecule has 4 atom stereocenters. The fourth-order valence-corrected chi connectivity index (χ4v) is 4.84. The van der Waals surface area contributed by atoms with Crippen LogP contribution in [0, 0.1) is 11.8 Å². The van der Waals surface area contributed by atoms with Crippen molar-refractivity contribution >= 4 is 11.8 Å². The van der Waals surface area contributed by atoms with Crippen LogP contribution >= 0.6 is 0 Å². The van der Waals surface area contributed by atoms with Crippen LogP contribution < -0.4 is 10.1 Å². The fourth-order valence-electron chi connectivity index (χ4n) is 4.84. The maximum Gasteiger partial charge on any atom is 0.230 e. The third-order valence-corrected chi connectivity index (χ3v) is 6.28. The number of nitrogens with zero attached hydrogens (tertiary/aromatic N) is 1. The van der Waals surface area contributed by atoms with E-state index in [2.05, 4.69) is 5.32 Å². The highest BCUT2D eigenvalue weighted by atomic mass is 16.5. The second-order valence-corrected chi connectivity index (χ2v) is 8.06. The van der Waals surface area contributed by atoms with Crippen LogP contribution in [0.25, 0.3) is 0 Å². The van der Waals surface area contributed by atoms with Crippen molar-refractivity contribution in [2.45, 2.75) is 24.7 Å². The van der Waals surface area contributed by atoms with Gasteiger partial charge < -0.3 is 24.1 Å². The zero-order valence-corrected chi connectivity index (χ0v) is 16.7. The third kappa shape index (κ3) is 3.10. The summed E-state index contributed by atoms with van der Waals surface area (Å²) in [5, 5.41) is 3.00. The van der Waals surface area contributed by atoms with Gasteiger partial charge in [-0.25, -0.2) is 0 Å². The average Bonchev–Trinajstić information content (AvgIpc) is 3.52. The molecule has 5 rings (SSSR count). The summed E-state index contributed by atoms with van der Waals surface area (Å²) in [5.74, 6) is 0.367. The van der Waals surface area contributed by atoms with Crippen molar-refractivity contribution in [3.8, 4) is 5.75 Å². The number of nitrogens with one attached hydrogen (secondary N) is 1. The first-order chi connectivity index (χ1) is 14.6. The van der Waals surface area contributed by atoms with Gasteiger partial charge in [0.15, 0.2) is 0 Å². The summed E-state index contributed by atoms with van der Waals surface area (Å²) in [7, 11) is 1.63. The fraction of sp³-hybridized carbons (Fsp3) is 0.391. The van der Waals surface area contributed by atoms with Gasteiger partial charge in [0, 0.05) is 6.54 Å². The van der Waals surface area contributed by atoms with Crippen molar-refractivity contribution in [2.75, 3.05) is 20.2 Å². The first-order valence-corrected chi connectivity index (χ1v) is 10.2. The molecule has 1 N–H and O–H groups in total. The number of fused-ring (bicyclic) bond motifs is 1. The van der Waals surface area contributed by atoms with E-state index in [-0.39, 0.29) is 17.9 Å². The topological polar surface area (TPSA) is 81.0 Å². The average molecular weight is 408 g/mol. The number of carbonyl (C=O) groups excluding carboxylic acids is 2. The van der Waals surface area contributed by atoms with Crippen LogP contribution in [0.15, 0.2) is 59.2 Å². The number of rotatable bonds is 7. The Balaban J connectivity index is 1.24. The molecule has 0 aliphatic carbocycles. The van der Waals surface area contributed by atoms with Crippen LogP contribution in [-0.2, 0) is 27.3 Å². The van der Waals surface area contributed by atoms with Gasteiger partial charge in [-0.1, -0.05) is 24.3 Å². The van der Waals surface area contributed by atoms with E-state index < -0.39 is 17.4 Å². The summed E-state index contributed by atoms with van der Waals surface area (Å²) < 4.78 is 16.7. The molecule has 1 spiro atoms. The van der Waals surface area contributed by atoms with E-state index in [9.17, 15) is 9.59 Å². The number of amides is 2. The van der Waals surface area contributed by atoms with E-state index in [4.69, 9.17) is 13.9 Å². The Hall–Kier alpha value is -3.06. The van der Waals surface area contributed by atoms with E-state index in [1.807, 2.05) is 42.5 Å². The maximum atomic E-state index is 13.1. The molecule has 3 aliphatic rings. The van der Waals surface area contributed by atoms with Gasteiger partial charge in [0.05, 0.1) is 44.4 Å². The predicted octanol–water partition coefficient (Wildman–Crippen LogP) is 1.93. The summed E-state index contributed by atoms with van der Waals surface area (Å²) in [6, 6.07) is 11.4. The second-order valence-electron chi connectivity index (χ2n) is 8.06. The Bertz CT molecular complexity index is 968. The van der Waals surface area contributed by atoms with Crippen molar-refractivity contribution in [1.82, 2.24) is 10.2 Å². The molecule has 1 aromatic carbocycles. The largest absolute Gasteiger partial charge is 0.497 e.